The lowest BCUT2D eigenvalue weighted by Crippen LogP contribution is -2.13. The summed E-state index contributed by atoms with van der Waals surface area (Å²) in [7, 11) is 0. The molecular formula is C11H20N4. The van der Waals surface area contributed by atoms with E-state index in [9.17, 15) is 0 Å². The monoisotopic (exact) mass is 208 g/mol. The van der Waals surface area contributed by atoms with E-state index >= 15 is 0 Å². The van der Waals surface area contributed by atoms with Gasteiger partial charge in [-0.05, 0) is 12.8 Å². The number of aryl methyl sites for hydroxylation is 1. The zero-order valence-electron chi connectivity index (χ0n) is 9.45. The topological polar surface area (TPSA) is 56.7 Å². The molecule has 1 heterocycles. The second-order valence-corrected chi connectivity index (χ2v) is 4.33. The van der Waals surface area contributed by atoms with Gasteiger partial charge in [0.2, 0.25) is 5.95 Å². The lowest BCUT2D eigenvalue weighted by atomic mass is 10.1. The molecule has 0 bridgehead atoms. The van der Waals surface area contributed by atoms with E-state index in [2.05, 4.69) is 17.0 Å². The molecule has 1 saturated carbocycles. The molecule has 0 unspecified atom stereocenters. The fraction of sp³-hybridized carbons (Fsp3) is 0.818. The minimum absolute atomic E-state index is 0.486. The first-order valence-electron chi connectivity index (χ1n) is 6.02. The minimum Gasteiger partial charge on any atom is -0.368 e. The standard InChI is InChI=1S/C11H20N4/c1-2-10-13-11(12)15(14-10)9-7-5-3-4-6-8-9/h9H,2-8H2,1H3,(H2,12,13,14). The zero-order chi connectivity index (χ0) is 10.7. The van der Waals surface area contributed by atoms with Gasteiger partial charge in [-0.1, -0.05) is 32.6 Å². The molecule has 0 aliphatic heterocycles. The Morgan fingerprint density at radius 2 is 1.93 bits per heavy atom. The van der Waals surface area contributed by atoms with Crippen molar-refractivity contribution >= 4 is 5.95 Å². The average molecular weight is 208 g/mol. The highest BCUT2D eigenvalue weighted by molar-refractivity contribution is 5.17. The summed E-state index contributed by atoms with van der Waals surface area (Å²) >= 11 is 0. The van der Waals surface area contributed by atoms with E-state index in [0.29, 0.717) is 12.0 Å². The van der Waals surface area contributed by atoms with E-state index in [1.807, 2.05) is 4.68 Å². The van der Waals surface area contributed by atoms with Crippen LogP contribution in [0.4, 0.5) is 5.95 Å². The molecule has 2 rings (SSSR count). The predicted molar refractivity (Wildman–Crippen MR) is 60.6 cm³/mol. The molecule has 15 heavy (non-hydrogen) atoms. The molecule has 0 atom stereocenters. The number of nitrogens with two attached hydrogens (primary N) is 1. The van der Waals surface area contributed by atoms with Gasteiger partial charge in [-0.3, -0.25) is 0 Å². The quantitative estimate of drug-likeness (QED) is 0.759. The molecule has 84 valence electrons. The average Bonchev–Trinajstić information content (AvgIpc) is 2.48. The summed E-state index contributed by atoms with van der Waals surface area (Å²) in [6.45, 7) is 2.06. The van der Waals surface area contributed by atoms with Crippen LogP contribution < -0.4 is 5.73 Å². The van der Waals surface area contributed by atoms with Crippen molar-refractivity contribution in [2.45, 2.75) is 57.9 Å². The Morgan fingerprint density at radius 1 is 1.27 bits per heavy atom. The van der Waals surface area contributed by atoms with Crippen molar-refractivity contribution in [3.63, 3.8) is 0 Å². The van der Waals surface area contributed by atoms with E-state index in [1.165, 1.54) is 38.5 Å². The summed E-state index contributed by atoms with van der Waals surface area (Å²) in [5.41, 5.74) is 5.89. The number of nitrogen functional groups attached to an aromatic ring is 1. The van der Waals surface area contributed by atoms with Gasteiger partial charge in [-0.2, -0.15) is 10.1 Å². The first kappa shape index (κ1) is 10.5. The molecule has 1 aromatic heterocycles. The molecule has 4 heteroatoms. The van der Waals surface area contributed by atoms with E-state index in [4.69, 9.17) is 5.73 Å². The van der Waals surface area contributed by atoms with Crippen molar-refractivity contribution in [3.8, 4) is 0 Å². The Labute approximate surface area is 90.9 Å². The molecule has 1 aliphatic rings. The van der Waals surface area contributed by atoms with Gasteiger partial charge in [0.15, 0.2) is 5.82 Å². The highest BCUT2D eigenvalue weighted by Crippen LogP contribution is 2.27. The SMILES string of the molecule is CCc1nc(N)n(C2CCCCCC2)n1. The predicted octanol–water partition coefficient (Wildman–Crippen LogP) is 2.32. The van der Waals surface area contributed by atoms with Crippen LogP contribution >= 0.6 is 0 Å². The smallest absolute Gasteiger partial charge is 0.218 e. The van der Waals surface area contributed by atoms with Crippen LogP contribution in [0, 0.1) is 0 Å². The maximum Gasteiger partial charge on any atom is 0.218 e. The second-order valence-electron chi connectivity index (χ2n) is 4.33. The summed E-state index contributed by atoms with van der Waals surface area (Å²) in [4.78, 5) is 4.26. The van der Waals surface area contributed by atoms with Gasteiger partial charge in [0.05, 0.1) is 6.04 Å². The zero-order valence-corrected chi connectivity index (χ0v) is 9.45. The van der Waals surface area contributed by atoms with E-state index in [1.54, 1.807) is 0 Å². The third-order valence-corrected chi connectivity index (χ3v) is 3.19. The maximum atomic E-state index is 5.89. The molecule has 1 aromatic rings. The van der Waals surface area contributed by atoms with Gasteiger partial charge in [0, 0.05) is 6.42 Å². The van der Waals surface area contributed by atoms with Crippen LogP contribution in [0.3, 0.4) is 0 Å². The van der Waals surface area contributed by atoms with E-state index < -0.39 is 0 Å². The summed E-state index contributed by atoms with van der Waals surface area (Å²) in [6, 6.07) is 0.486. The van der Waals surface area contributed by atoms with Gasteiger partial charge in [0.1, 0.15) is 0 Å². The number of hydrogen-bond donors (Lipinski definition) is 1. The van der Waals surface area contributed by atoms with Crippen molar-refractivity contribution in [2.24, 2.45) is 0 Å². The van der Waals surface area contributed by atoms with Crippen molar-refractivity contribution in [2.75, 3.05) is 5.73 Å². The van der Waals surface area contributed by atoms with Crippen LogP contribution in [0.25, 0.3) is 0 Å². The molecule has 2 N–H and O–H groups in total. The van der Waals surface area contributed by atoms with Gasteiger partial charge >= 0.3 is 0 Å². The fourth-order valence-corrected chi connectivity index (χ4v) is 2.30. The van der Waals surface area contributed by atoms with Gasteiger partial charge < -0.3 is 5.73 Å². The van der Waals surface area contributed by atoms with Gasteiger partial charge in [0.25, 0.3) is 0 Å². The first-order chi connectivity index (χ1) is 7.31. The molecule has 0 aromatic carbocycles. The molecule has 0 spiro atoms. The molecule has 1 aliphatic carbocycles. The van der Waals surface area contributed by atoms with Crippen molar-refractivity contribution in [1.29, 1.82) is 0 Å². The largest absolute Gasteiger partial charge is 0.368 e. The first-order valence-corrected chi connectivity index (χ1v) is 6.02. The van der Waals surface area contributed by atoms with Crippen molar-refractivity contribution in [3.05, 3.63) is 5.82 Å². The second kappa shape index (κ2) is 4.64. The van der Waals surface area contributed by atoms with Crippen LogP contribution in [0.5, 0.6) is 0 Å². The number of rotatable bonds is 2. The minimum atomic E-state index is 0.486. The van der Waals surface area contributed by atoms with Crippen LogP contribution in [0.1, 0.15) is 57.3 Å². The fourth-order valence-electron chi connectivity index (χ4n) is 2.30. The van der Waals surface area contributed by atoms with E-state index in [0.717, 1.165) is 12.2 Å². The van der Waals surface area contributed by atoms with Crippen molar-refractivity contribution < 1.29 is 0 Å². The van der Waals surface area contributed by atoms with Crippen molar-refractivity contribution in [1.82, 2.24) is 14.8 Å². The third kappa shape index (κ3) is 2.30. The Bertz CT molecular complexity index is 310. The van der Waals surface area contributed by atoms with Gasteiger partial charge in [-0.25, -0.2) is 4.68 Å². The summed E-state index contributed by atoms with van der Waals surface area (Å²) in [5, 5.41) is 4.47. The maximum absolute atomic E-state index is 5.89. The lowest BCUT2D eigenvalue weighted by molar-refractivity contribution is 0.408. The molecule has 1 fully saturated rings. The molecule has 4 nitrogen and oxygen atoms in total. The highest BCUT2D eigenvalue weighted by Gasteiger charge is 2.18. The number of hydrogen-bond acceptors (Lipinski definition) is 3. The van der Waals surface area contributed by atoms with Gasteiger partial charge in [-0.15, -0.1) is 0 Å². The van der Waals surface area contributed by atoms with Crippen LogP contribution in [-0.2, 0) is 6.42 Å². The summed E-state index contributed by atoms with van der Waals surface area (Å²) in [5.74, 6) is 1.47. The molecule has 0 amide bonds. The lowest BCUT2D eigenvalue weighted by Gasteiger charge is -2.14. The number of anilines is 1. The molecular weight excluding hydrogens is 188 g/mol. The Hall–Kier alpha value is -1.06. The van der Waals surface area contributed by atoms with Crippen LogP contribution in [0.15, 0.2) is 0 Å². The molecule has 0 saturated heterocycles. The number of nitrogens with zero attached hydrogens (tertiary/aromatic N) is 3. The number of aromatic nitrogens is 3. The van der Waals surface area contributed by atoms with Crippen LogP contribution in [-0.4, -0.2) is 14.8 Å². The summed E-state index contributed by atoms with van der Waals surface area (Å²) in [6.07, 6.45) is 8.58. The summed E-state index contributed by atoms with van der Waals surface area (Å²) < 4.78 is 1.95. The Kier molecular flexibility index (Phi) is 3.23. The normalized spacial score (nSPS) is 19.0. The molecule has 0 radical (unpaired) electrons. The third-order valence-electron chi connectivity index (χ3n) is 3.19. The Balaban J connectivity index is 2.15. The highest BCUT2D eigenvalue weighted by atomic mass is 15.4. The Morgan fingerprint density at radius 3 is 2.47 bits per heavy atom. The van der Waals surface area contributed by atoms with E-state index in [-0.39, 0.29) is 0 Å². The van der Waals surface area contributed by atoms with Crippen LogP contribution in [0.2, 0.25) is 0 Å².